The quantitative estimate of drug-likeness (QED) is 0.846. The Labute approximate surface area is 124 Å². The Kier molecular flexibility index (Phi) is 4.02. The van der Waals surface area contributed by atoms with Crippen molar-refractivity contribution in [2.75, 3.05) is 7.11 Å². The molecule has 21 heavy (non-hydrogen) atoms. The standard InChI is InChI=1S/C16H20N2O3/c1-5-16(6-2)14(19)17-18(15(16)20)11(3)12-7-9-13(21-4)10-8-12/h7-10H,3,5-6H2,1-2,4H3,(H,17,19). The number of ether oxygens (including phenoxy) is 1. The molecule has 1 aliphatic heterocycles. The molecular formula is C16H20N2O3. The highest BCUT2D eigenvalue weighted by molar-refractivity contribution is 6.12. The van der Waals surface area contributed by atoms with Gasteiger partial charge >= 0.3 is 0 Å². The fourth-order valence-electron chi connectivity index (χ4n) is 2.55. The van der Waals surface area contributed by atoms with Gasteiger partial charge in [-0.1, -0.05) is 20.4 Å². The maximum Gasteiger partial charge on any atom is 0.261 e. The highest BCUT2D eigenvalue weighted by Gasteiger charge is 2.52. The van der Waals surface area contributed by atoms with Gasteiger partial charge in [-0.2, -0.15) is 0 Å². The van der Waals surface area contributed by atoms with E-state index in [1.54, 1.807) is 31.4 Å². The molecule has 112 valence electrons. The lowest BCUT2D eigenvalue weighted by Crippen LogP contribution is -2.35. The molecule has 1 aromatic carbocycles. The highest BCUT2D eigenvalue weighted by Crippen LogP contribution is 2.36. The van der Waals surface area contributed by atoms with Gasteiger partial charge in [-0.15, -0.1) is 0 Å². The van der Waals surface area contributed by atoms with Crippen LogP contribution in [0, 0.1) is 5.41 Å². The zero-order chi connectivity index (χ0) is 15.6. The van der Waals surface area contributed by atoms with E-state index in [1.807, 2.05) is 13.8 Å². The second-order valence-corrected chi connectivity index (χ2v) is 5.05. The molecule has 2 amide bonds. The number of hydrogen-bond acceptors (Lipinski definition) is 3. The van der Waals surface area contributed by atoms with Crippen LogP contribution in [0.1, 0.15) is 32.3 Å². The molecule has 0 spiro atoms. The fraction of sp³-hybridized carbons (Fsp3) is 0.375. The van der Waals surface area contributed by atoms with E-state index >= 15 is 0 Å². The van der Waals surface area contributed by atoms with Gasteiger partial charge in [0.1, 0.15) is 11.2 Å². The normalized spacial score (nSPS) is 16.8. The molecule has 1 heterocycles. The average Bonchev–Trinajstić information content (AvgIpc) is 2.78. The predicted octanol–water partition coefficient (Wildman–Crippen LogP) is 2.35. The van der Waals surface area contributed by atoms with Crippen LogP contribution in [0.3, 0.4) is 0 Å². The summed E-state index contributed by atoms with van der Waals surface area (Å²) in [5.41, 5.74) is 2.88. The number of rotatable bonds is 5. The molecule has 2 rings (SSSR count). The summed E-state index contributed by atoms with van der Waals surface area (Å²) < 4.78 is 5.10. The van der Waals surface area contributed by atoms with Crippen molar-refractivity contribution in [3.8, 4) is 5.75 Å². The maximum atomic E-state index is 12.6. The number of hydrogen-bond donors (Lipinski definition) is 1. The molecule has 5 nitrogen and oxygen atoms in total. The third kappa shape index (κ3) is 2.28. The SMILES string of the molecule is C=C(c1ccc(OC)cc1)N1NC(=O)C(CC)(CC)C1=O. The van der Waals surface area contributed by atoms with Crippen LogP contribution in [-0.4, -0.2) is 23.9 Å². The minimum atomic E-state index is -0.977. The summed E-state index contributed by atoms with van der Waals surface area (Å²) in [6.45, 7) is 7.63. The first-order valence-corrected chi connectivity index (χ1v) is 6.99. The molecule has 1 aromatic rings. The molecule has 0 aliphatic carbocycles. The smallest absolute Gasteiger partial charge is 0.261 e. The number of methoxy groups -OCH3 is 1. The van der Waals surface area contributed by atoms with Crippen LogP contribution in [0.15, 0.2) is 30.8 Å². The van der Waals surface area contributed by atoms with Crippen LogP contribution in [0.4, 0.5) is 0 Å². The van der Waals surface area contributed by atoms with Crippen LogP contribution in [-0.2, 0) is 9.59 Å². The molecule has 0 bridgehead atoms. The second kappa shape index (κ2) is 5.60. The van der Waals surface area contributed by atoms with Crippen LogP contribution < -0.4 is 10.2 Å². The molecule has 0 atom stereocenters. The average molecular weight is 288 g/mol. The van der Waals surface area contributed by atoms with E-state index in [9.17, 15) is 9.59 Å². The minimum Gasteiger partial charge on any atom is -0.497 e. The van der Waals surface area contributed by atoms with E-state index in [0.29, 0.717) is 18.5 Å². The van der Waals surface area contributed by atoms with Gasteiger partial charge in [0.15, 0.2) is 0 Å². The van der Waals surface area contributed by atoms with E-state index in [1.165, 1.54) is 5.01 Å². The summed E-state index contributed by atoms with van der Waals surface area (Å²) in [5.74, 6) is 0.227. The predicted molar refractivity (Wildman–Crippen MR) is 80.0 cm³/mol. The number of nitrogens with zero attached hydrogens (tertiary/aromatic N) is 1. The van der Waals surface area contributed by atoms with Gasteiger partial charge in [0.05, 0.1) is 12.8 Å². The molecular weight excluding hydrogens is 268 g/mol. The Bertz CT molecular complexity index is 574. The monoisotopic (exact) mass is 288 g/mol. The van der Waals surface area contributed by atoms with Crippen molar-refractivity contribution in [3.63, 3.8) is 0 Å². The van der Waals surface area contributed by atoms with Crippen molar-refractivity contribution >= 4 is 17.5 Å². The summed E-state index contributed by atoms with van der Waals surface area (Å²) in [5, 5.41) is 1.26. The van der Waals surface area contributed by atoms with Crippen LogP contribution in [0.2, 0.25) is 0 Å². The van der Waals surface area contributed by atoms with Crippen LogP contribution in [0.25, 0.3) is 5.70 Å². The van der Waals surface area contributed by atoms with Crippen molar-refractivity contribution in [1.29, 1.82) is 0 Å². The highest BCUT2D eigenvalue weighted by atomic mass is 16.5. The van der Waals surface area contributed by atoms with Crippen LogP contribution >= 0.6 is 0 Å². The zero-order valence-electron chi connectivity index (χ0n) is 12.6. The van der Waals surface area contributed by atoms with Crippen molar-refractivity contribution < 1.29 is 14.3 Å². The number of amides is 2. The fourth-order valence-corrected chi connectivity index (χ4v) is 2.55. The van der Waals surface area contributed by atoms with E-state index in [0.717, 1.165) is 11.3 Å². The first-order valence-electron chi connectivity index (χ1n) is 6.99. The van der Waals surface area contributed by atoms with Gasteiger partial charge < -0.3 is 4.74 Å². The van der Waals surface area contributed by atoms with Gasteiger partial charge in [0, 0.05) is 0 Å². The zero-order valence-corrected chi connectivity index (χ0v) is 12.6. The van der Waals surface area contributed by atoms with Crippen molar-refractivity contribution in [1.82, 2.24) is 10.4 Å². The molecule has 1 fully saturated rings. The Morgan fingerprint density at radius 1 is 1.24 bits per heavy atom. The summed E-state index contributed by atoms with van der Waals surface area (Å²) >= 11 is 0. The first kappa shape index (κ1) is 15.1. The molecule has 5 heteroatoms. The summed E-state index contributed by atoms with van der Waals surface area (Å²) in [6, 6.07) is 7.18. The number of carbonyl (C=O) groups is 2. The number of carbonyl (C=O) groups excluding carboxylic acids is 2. The van der Waals surface area contributed by atoms with Gasteiger partial charge in [-0.3, -0.25) is 15.0 Å². The number of hydrazine groups is 1. The lowest BCUT2D eigenvalue weighted by Gasteiger charge is -2.22. The lowest BCUT2D eigenvalue weighted by atomic mass is 9.81. The maximum absolute atomic E-state index is 12.6. The van der Waals surface area contributed by atoms with E-state index < -0.39 is 5.41 Å². The molecule has 1 aliphatic rings. The van der Waals surface area contributed by atoms with E-state index in [2.05, 4.69) is 12.0 Å². The second-order valence-electron chi connectivity index (χ2n) is 5.05. The van der Waals surface area contributed by atoms with E-state index in [-0.39, 0.29) is 11.8 Å². The Balaban J connectivity index is 2.28. The molecule has 1 N–H and O–H groups in total. The van der Waals surface area contributed by atoms with Crippen molar-refractivity contribution in [2.45, 2.75) is 26.7 Å². The third-order valence-electron chi connectivity index (χ3n) is 4.16. The number of nitrogens with one attached hydrogen (secondary N) is 1. The van der Waals surface area contributed by atoms with Gasteiger partial charge in [0.25, 0.3) is 11.8 Å². The summed E-state index contributed by atoms with van der Waals surface area (Å²) in [6.07, 6.45) is 0.946. The molecule has 0 aromatic heterocycles. The summed E-state index contributed by atoms with van der Waals surface area (Å²) in [4.78, 5) is 24.8. The Hall–Kier alpha value is -2.30. The minimum absolute atomic E-state index is 0.238. The first-order chi connectivity index (χ1) is 10.00. The molecule has 1 saturated heterocycles. The Morgan fingerprint density at radius 3 is 2.24 bits per heavy atom. The lowest BCUT2D eigenvalue weighted by molar-refractivity contribution is -0.138. The van der Waals surface area contributed by atoms with Crippen molar-refractivity contribution in [2.24, 2.45) is 5.41 Å². The van der Waals surface area contributed by atoms with Crippen molar-refractivity contribution in [3.05, 3.63) is 36.4 Å². The van der Waals surface area contributed by atoms with Gasteiger partial charge in [-0.25, -0.2) is 5.01 Å². The molecule has 0 saturated carbocycles. The Morgan fingerprint density at radius 2 is 1.81 bits per heavy atom. The summed E-state index contributed by atoms with van der Waals surface area (Å²) in [7, 11) is 1.59. The van der Waals surface area contributed by atoms with Gasteiger partial charge in [0.2, 0.25) is 0 Å². The largest absolute Gasteiger partial charge is 0.497 e. The number of benzene rings is 1. The molecule has 0 unspecified atom stereocenters. The topological polar surface area (TPSA) is 58.6 Å². The molecule has 0 radical (unpaired) electrons. The van der Waals surface area contributed by atoms with Crippen LogP contribution in [0.5, 0.6) is 5.75 Å². The van der Waals surface area contributed by atoms with E-state index in [4.69, 9.17) is 4.74 Å². The van der Waals surface area contributed by atoms with Gasteiger partial charge in [-0.05, 0) is 42.7 Å². The third-order valence-corrected chi connectivity index (χ3v) is 4.16.